The second kappa shape index (κ2) is 15.8. The summed E-state index contributed by atoms with van der Waals surface area (Å²) in [5.74, 6) is 1.10. The van der Waals surface area contributed by atoms with Gasteiger partial charge in [0.15, 0.2) is 5.76 Å². The zero-order valence-corrected chi connectivity index (χ0v) is 31.7. The number of fused-ring (bicyclic) bond motifs is 1. The first-order valence-corrected chi connectivity index (χ1v) is 18.6. The molecule has 286 valence electrons. The normalized spacial score (nSPS) is 18.1. The maximum absolute atomic E-state index is 14.0. The Kier molecular flexibility index (Phi) is 10.7. The number of nitrogens with one attached hydrogen (secondary N) is 3. The summed E-state index contributed by atoms with van der Waals surface area (Å²) in [4.78, 5) is 70.6. The number of aromatic amines is 1. The van der Waals surface area contributed by atoms with E-state index in [1.807, 2.05) is 97.5 Å². The predicted molar refractivity (Wildman–Crippen MR) is 207 cm³/mol. The first-order valence-electron chi connectivity index (χ1n) is 18.6. The minimum atomic E-state index is -0.837. The molecule has 2 saturated heterocycles. The molecule has 4 atom stereocenters. The van der Waals surface area contributed by atoms with Crippen LogP contribution in [0.2, 0.25) is 0 Å². The third kappa shape index (κ3) is 7.67. The van der Waals surface area contributed by atoms with Gasteiger partial charge in [0.25, 0.3) is 0 Å². The number of likely N-dealkylation sites (N-methyl/N-ethyl adjacent to an activating group) is 1. The lowest BCUT2D eigenvalue weighted by atomic mass is 10.0. The highest BCUT2D eigenvalue weighted by Crippen LogP contribution is 2.36. The first-order chi connectivity index (χ1) is 26.5. The van der Waals surface area contributed by atoms with Crippen molar-refractivity contribution in [3.05, 3.63) is 89.9 Å². The van der Waals surface area contributed by atoms with Crippen LogP contribution in [0.4, 0.5) is 10.5 Å². The fourth-order valence-electron chi connectivity index (χ4n) is 7.61. The molecule has 3 aromatic carbocycles. The van der Waals surface area contributed by atoms with Gasteiger partial charge in [-0.05, 0) is 95.1 Å². The fraction of sp³-hybridized carbons (Fsp3) is 0.366. The van der Waals surface area contributed by atoms with E-state index in [0.717, 1.165) is 46.4 Å². The van der Waals surface area contributed by atoms with Crippen LogP contribution in [0.5, 0.6) is 0 Å². The molecule has 0 aliphatic carbocycles. The molecule has 0 saturated carbocycles. The molecule has 14 nitrogen and oxygen atoms in total. The summed E-state index contributed by atoms with van der Waals surface area (Å²) in [6, 6.07) is 19.2. The highest BCUT2D eigenvalue weighted by atomic mass is 16.5. The van der Waals surface area contributed by atoms with Gasteiger partial charge in [0.05, 0.1) is 30.4 Å². The SMILES string of the molecule is COC(=O)NC(C)C(=O)N1CCC[C@H]1C(=O)Nc1cc(-c2ncc(-c3ccc4nc([C@@H]5CCCN5C(=O)[C@@H](c5ccccc5)N(C)C)[nH]c4c3)o2)ccc1C. The number of alkyl carbamates (subject to hydrolysis) is 1. The molecule has 4 amide bonds. The molecule has 2 fully saturated rings. The topological polar surface area (TPSA) is 166 Å². The largest absolute Gasteiger partial charge is 0.453 e. The van der Waals surface area contributed by atoms with E-state index in [1.165, 1.54) is 12.0 Å². The van der Waals surface area contributed by atoms with Crippen molar-refractivity contribution in [3.63, 3.8) is 0 Å². The molecular weight excluding hydrogens is 701 g/mol. The van der Waals surface area contributed by atoms with Gasteiger partial charge < -0.3 is 34.6 Å². The maximum Gasteiger partial charge on any atom is 0.407 e. The van der Waals surface area contributed by atoms with Crippen molar-refractivity contribution >= 4 is 40.5 Å². The number of likely N-dealkylation sites (tertiary alicyclic amines) is 2. The van der Waals surface area contributed by atoms with Crippen molar-refractivity contribution in [2.24, 2.45) is 0 Å². The number of hydrogen-bond donors (Lipinski definition) is 3. The number of anilines is 1. The van der Waals surface area contributed by atoms with Gasteiger partial charge in [0.1, 0.15) is 23.9 Å². The van der Waals surface area contributed by atoms with E-state index in [9.17, 15) is 19.2 Å². The number of ether oxygens (including phenoxy) is 1. The lowest BCUT2D eigenvalue weighted by Crippen LogP contribution is -2.51. The highest BCUT2D eigenvalue weighted by Gasteiger charge is 2.38. The summed E-state index contributed by atoms with van der Waals surface area (Å²) >= 11 is 0. The molecule has 0 spiro atoms. The quantitative estimate of drug-likeness (QED) is 0.159. The third-order valence-corrected chi connectivity index (χ3v) is 10.5. The Hall–Kier alpha value is -6.02. The van der Waals surface area contributed by atoms with Gasteiger partial charge in [-0.1, -0.05) is 36.4 Å². The van der Waals surface area contributed by atoms with Crippen LogP contribution < -0.4 is 10.6 Å². The van der Waals surface area contributed by atoms with Gasteiger partial charge in [0, 0.05) is 29.9 Å². The Morgan fingerprint density at radius 1 is 0.945 bits per heavy atom. The van der Waals surface area contributed by atoms with E-state index < -0.39 is 18.2 Å². The number of amides is 4. The average molecular weight is 747 g/mol. The second-order valence-electron chi connectivity index (χ2n) is 14.4. The maximum atomic E-state index is 14.0. The number of benzene rings is 3. The number of nitrogens with zero attached hydrogens (tertiary/aromatic N) is 5. The van der Waals surface area contributed by atoms with Gasteiger partial charge in [-0.2, -0.15) is 0 Å². The van der Waals surface area contributed by atoms with Crippen molar-refractivity contribution in [1.29, 1.82) is 0 Å². The van der Waals surface area contributed by atoms with E-state index in [0.29, 0.717) is 48.8 Å². The number of aromatic nitrogens is 3. The molecule has 14 heteroatoms. The van der Waals surface area contributed by atoms with Crippen LogP contribution in [0.15, 0.2) is 77.3 Å². The van der Waals surface area contributed by atoms with Crippen LogP contribution in [0.25, 0.3) is 33.8 Å². The van der Waals surface area contributed by atoms with E-state index in [4.69, 9.17) is 9.40 Å². The zero-order valence-electron chi connectivity index (χ0n) is 31.7. The van der Waals surface area contributed by atoms with Crippen LogP contribution in [0.3, 0.4) is 0 Å². The van der Waals surface area contributed by atoms with Gasteiger partial charge in [-0.15, -0.1) is 0 Å². The highest BCUT2D eigenvalue weighted by molar-refractivity contribution is 5.99. The number of carbonyl (C=O) groups is 4. The van der Waals surface area contributed by atoms with Gasteiger partial charge in [0.2, 0.25) is 23.6 Å². The minimum absolute atomic E-state index is 0.0584. The number of carbonyl (C=O) groups excluding carboxylic acids is 4. The Labute approximate surface area is 319 Å². The molecule has 55 heavy (non-hydrogen) atoms. The van der Waals surface area contributed by atoms with Crippen LogP contribution in [0, 0.1) is 6.92 Å². The Balaban J connectivity index is 1.06. The molecule has 7 rings (SSSR count). The zero-order chi connectivity index (χ0) is 38.8. The Morgan fingerprint density at radius 2 is 1.69 bits per heavy atom. The number of rotatable bonds is 10. The molecule has 5 aromatic rings. The van der Waals surface area contributed by atoms with Crippen LogP contribution in [-0.4, -0.2) is 99.8 Å². The summed E-state index contributed by atoms with van der Waals surface area (Å²) in [5, 5.41) is 5.48. The minimum Gasteiger partial charge on any atom is -0.453 e. The summed E-state index contributed by atoms with van der Waals surface area (Å²) in [6.07, 6.45) is 3.85. The predicted octanol–water partition coefficient (Wildman–Crippen LogP) is 5.83. The summed E-state index contributed by atoms with van der Waals surface area (Å²) in [6.45, 7) is 4.54. The van der Waals surface area contributed by atoms with E-state index in [2.05, 4.69) is 25.3 Å². The van der Waals surface area contributed by atoms with Crippen molar-refractivity contribution in [1.82, 2.24) is 35.0 Å². The summed E-state index contributed by atoms with van der Waals surface area (Å²) in [7, 11) is 5.09. The van der Waals surface area contributed by atoms with Crippen molar-refractivity contribution in [2.75, 3.05) is 39.6 Å². The number of imidazole rings is 1. The summed E-state index contributed by atoms with van der Waals surface area (Å²) in [5.41, 5.74) is 5.47. The summed E-state index contributed by atoms with van der Waals surface area (Å²) < 4.78 is 10.9. The number of oxazole rings is 1. The van der Waals surface area contributed by atoms with Crippen LogP contribution in [0.1, 0.15) is 61.6 Å². The molecule has 2 aliphatic heterocycles. The van der Waals surface area contributed by atoms with Gasteiger partial charge in [-0.25, -0.2) is 14.8 Å². The molecule has 2 aliphatic rings. The molecule has 3 N–H and O–H groups in total. The van der Waals surface area contributed by atoms with Crippen LogP contribution >= 0.6 is 0 Å². The lowest BCUT2D eigenvalue weighted by molar-refractivity contribution is -0.138. The number of H-pyrrole nitrogens is 1. The van der Waals surface area contributed by atoms with Crippen LogP contribution in [-0.2, 0) is 19.1 Å². The number of aryl methyl sites for hydroxylation is 1. The standard InChI is InChI=1S/C41H46N8O6/c1-24-15-16-28(22-30(24)46-37(50)33-14-10-20-49(33)39(51)25(2)43-41(53)54-5)38-42-23-34(55-38)27-17-18-29-31(21-27)45-36(44-29)32-13-9-19-48(32)40(52)35(47(3)4)26-11-7-6-8-12-26/h6-8,11-12,15-18,21-23,25,32-33,35H,9-10,13-14,19-20H2,1-5H3,(H,43,53)(H,44,45)(H,46,50)/t25?,32-,33-,35+/m0/s1. The molecule has 2 aromatic heterocycles. The van der Waals surface area contributed by atoms with Gasteiger partial charge in [-0.3, -0.25) is 19.3 Å². The van der Waals surface area contributed by atoms with Crippen molar-refractivity contribution < 1.29 is 28.3 Å². The molecule has 0 bridgehead atoms. The Bertz CT molecular complexity index is 2210. The monoisotopic (exact) mass is 746 g/mol. The molecule has 0 radical (unpaired) electrons. The number of methoxy groups -OCH3 is 1. The molecule has 4 heterocycles. The third-order valence-electron chi connectivity index (χ3n) is 10.5. The fourth-order valence-corrected chi connectivity index (χ4v) is 7.61. The Morgan fingerprint density at radius 3 is 2.45 bits per heavy atom. The number of hydrogen-bond acceptors (Lipinski definition) is 9. The molecule has 1 unspecified atom stereocenters. The van der Waals surface area contributed by atoms with Crippen molar-refractivity contribution in [2.45, 2.75) is 63.7 Å². The average Bonchev–Trinajstić information content (AvgIpc) is 4.01. The smallest absolute Gasteiger partial charge is 0.407 e. The first kappa shape index (κ1) is 37.3. The van der Waals surface area contributed by atoms with Gasteiger partial charge >= 0.3 is 6.09 Å². The van der Waals surface area contributed by atoms with Crippen molar-refractivity contribution in [3.8, 4) is 22.8 Å². The molecular formula is C41H46N8O6. The second-order valence-corrected chi connectivity index (χ2v) is 14.4. The van der Waals surface area contributed by atoms with E-state index in [1.54, 1.807) is 13.1 Å². The van der Waals surface area contributed by atoms with E-state index >= 15 is 0 Å². The lowest BCUT2D eigenvalue weighted by Gasteiger charge is -2.31. The van der Waals surface area contributed by atoms with E-state index in [-0.39, 0.29) is 29.8 Å².